The van der Waals surface area contributed by atoms with E-state index in [9.17, 15) is 48.1 Å². The molecule has 0 saturated heterocycles. The predicted molar refractivity (Wildman–Crippen MR) is 361 cm³/mol. The lowest BCUT2D eigenvalue weighted by atomic mass is 9.85. The van der Waals surface area contributed by atoms with Crippen molar-refractivity contribution < 1.29 is 71.8 Å². The van der Waals surface area contributed by atoms with Gasteiger partial charge in [0, 0.05) is 35.4 Å². The zero-order valence-corrected chi connectivity index (χ0v) is 59.9. The average molecular weight is 1280 g/mol. The number of rotatable bonds is 17. The topological polar surface area (TPSA) is 266 Å². The molecule has 0 aliphatic heterocycles. The number of nitrogens with zero attached hydrogens (tertiary/aromatic N) is 4. The Balaban J connectivity index is -0.000000142. The van der Waals surface area contributed by atoms with Crippen LogP contribution in [0, 0.1) is 55.8 Å². The van der Waals surface area contributed by atoms with Crippen LogP contribution in [0.3, 0.4) is 0 Å². The van der Waals surface area contributed by atoms with Gasteiger partial charge in [0.2, 0.25) is 0 Å². The highest BCUT2D eigenvalue weighted by Crippen LogP contribution is 2.26. The first-order valence-corrected chi connectivity index (χ1v) is 29.5. The molecule has 0 fully saturated rings. The summed E-state index contributed by atoms with van der Waals surface area (Å²) in [6.45, 7) is 68.0. The van der Waals surface area contributed by atoms with Gasteiger partial charge in [-0.25, -0.2) is 28.7 Å². The molecule has 0 spiro atoms. The second kappa shape index (κ2) is 49.4. The number of aliphatic hydroxyl groups excluding tert-OH is 3. The second-order valence-electron chi connectivity index (χ2n) is 27.5. The first kappa shape index (κ1) is 99.8. The molecule has 0 aliphatic carbocycles. The number of ether oxygens (including phenoxy) is 5. The molecule has 0 radical (unpaired) electrons. The molecule has 1 aromatic heterocycles. The molecule has 19 heteroatoms. The minimum atomic E-state index is -0.855. The maximum atomic E-state index is 12.3. The third-order valence-electron chi connectivity index (χ3n) is 10.3. The lowest BCUT2D eigenvalue weighted by molar-refractivity contribution is -0.141. The number of ketones is 2. The summed E-state index contributed by atoms with van der Waals surface area (Å²) in [5, 5.41) is 45.1. The fourth-order valence-electron chi connectivity index (χ4n) is 4.91. The molecule has 3 unspecified atom stereocenters. The molecule has 1 heterocycles. The average Bonchev–Trinajstić information content (AvgIpc) is 2.02. The number of hydrogen-bond acceptors (Lipinski definition) is 17. The zero-order valence-electron chi connectivity index (χ0n) is 59.9. The Morgan fingerprint density at radius 3 is 1.34 bits per heavy atom. The summed E-state index contributed by atoms with van der Waals surface area (Å²) in [6, 6.07) is 3.67. The predicted octanol–water partition coefficient (Wildman–Crippen LogP) is 15.5. The van der Waals surface area contributed by atoms with E-state index >= 15 is 0 Å². The third kappa shape index (κ3) is 63.2. The number of esters is 3. The van der Waals surface area contributed by atoms with E-state index in [1.54, 1.807) is 59.8 Å². The van der Waals surface area contributed by atoms with Gasteiger partial charge < -0.3 is 39.0 Å². The molecular weight excluding hydrogens is 1150 g/mol. The van der Waals surface area contributed by atoms with E-state index in [2.05, 4.69) is 36.3 Å². The molecule has 17 nitrogen and oxygen atoms in total. The van der Waals surface area contributed by atoms with E-state index in [0.29, 0.717) is 38.4 Å². The summed E-state index contributed by atoms with van der Waals surface area (Å²) < 4.78 is 49.0. The minimum Gasteiger partial charge on any atom is -0.463 e. The molecule has 0 amide bonds. The Morgan fingerprint density at radius 2 is 1.07 bits per heavy atom. The summed E-state index contributed by atoms with van der Waals surface area (Å²) in [6.07, 6.45) is 8.24. The quantitative estimate of drug-likeness (QED) is 0.0430. The van der Waals surface area contributed by atoms with Gasteiger partial charge in [0.25, 0.3) is 0 Å². The highest BCUT2D eigenvalue weighted by atomic mass is 19.1. The Bertz CT molecular complexity index is 2450. The fraction of sp³-hybridized carbons (Fsp3) is 0.648. The minimum absolute atomic E-state index is 0. The molecule has 1 aromatic rings. The van der Waals surface area contributed by atoms with E-state index in [4.69, 9.17) is 34.2 Å². The fourth-order valence-corrected chi connectivity index (χ4v) is 4.91. The number of hydrogen-bond donors (Lipinski definition) is 3. The molecule has 0 aliphatic rings. The van der Waals surface area contributed by atoms with Gasteiger partial charge in [-0.2, -0.15) is 14.9 Å². The second-order valence-corrected chi connectivity index (χ2v) is 27.5. The Morgan fingerprint density at radius 1 is 0.656 bits per heavy atom. The smallest absolute Gasteiger partial charge is 0.336 e. The van der Waals surface area contributed by atoms with Crippen LogP contribution in [0.15, 0.2) is 97.2 Å². The van der Waals surface area contributed by atoms with Crippen LogP contribution in [-0.4, -0.2) is 118 Å². The van der Waals surface area contributed by atoms with Crippen molar-refractivity contribution in [3.63, 3.8) is 0 Å². The molecule has 518 valence electrons. The lowest BCUT2D eigenvalue weighted by Crippen LogP contribution is -2.31. The maximum absolute atomic E-state index is 12.3. The Labute approximate surface area is 543 Å². The first-order chi connectivity index (χ1) is 39.9. The normalized spacial score (nSPS) is 12.4. The lowest BCUT2D eigenvalue weighted by Gasteiger charge is -2.26. The maximum Gasteiger partial charge on any atom is 0.336 e. The molecule has 3 atom stereocenters. The van der Waals surface area contributed by atoms with Crippen LogP contribution in [0.25, 0.3) is 0 Å². The summed E-state index contributed by atoms with van der Waals surface area (Å²) in [4.78, 5) is 61.8. The third-order valence-corrected chi connectivity index (χ3v) is 10.3. The number of allylic oxidation sites excluding steroid dienone is 4. The van der Waals surface area contributed by atoms with Crippen molar-refractivity contribution in [2.45, 2.75) is 243 Å². The number of halogens is 2. The van der Waals surface area contributed by atoms with Crippen molar-refractivity contribution in [2.24, 2.45) is 27.1 Å². The first-order valence-electron chi connectivity index (χ1n) is 29.5. The summed E-state index contributed by atoms with van der Waals surface area (Å²) in [5.74, 6) is -1.64. The van der Waals surface area contributed by atoms with Crippen molar-refractivity contribution in [1.29, 1.82) is 10.5 Å². The van der Waals surface area contributed by atoms with E-state index in [-0.39, 0.29) is 93.0 Å². The summed E-state index contributed by atoms with van der Waals surface area (Å²) in [5.41, 5.74) is 0.425. The van der Waals surface area contributed by atoms with Gasteiger partial charge in [0.15, 0.2) is 11.6 Å². The van der Waals surface area contributed by atoms with Crippen LogP contribution >= 0.6 is 0 Å². The van der Waals surface area contributed by atoms with Crippen LogP contribution in [0.5, 0.6) is 0 Å². The van der Waals surface area contributed by atoms with Crippen molar-refractivity contribution in [3.8, 4) is 12.1 Å². The van der Waals surface area contributed by atoms with Gasteiger partial charge in [-0.3, -0.25) is 9.59 Å². The number of carbonyl (C=O) groups excluding carboxylic acids is 5. The van der Waals surface area contributed by atoms with Crippen molar-refractivity contribution in [3.05, 3.63) is 109 Å². The van der Waals surface area contributed by atoms with E-state index < -0.39 is 41.6 Å². The molecule has 0 saturated carbocycles. The molecule has 1 rings (SSSR count). The SMILES string of the molecule is C.C/C(F)=C/C(=O)C(C)(C)C.C/C=C/C(=O)C(C)(C)C.C=C(C#N)C(O)C(C)(C)C.C=C(C#N)C(O)CC(C)(C)C.C=C(C(=O)OCC)C(O)C(C)(C)C.C=C(COC(C)C)C(=O)OCC.CC(C)(C)c1cnc(F)nc1.CCOC(=O)/C=C/COC(C)(C)C. The van der Waals surface area contributed by atoms with Crippen molar-refractivity contribution >= 4 is 29.5 Å². The Kier molecular flexibility index (Phi) is 54.8. The van der Waals surface area contributed by atoms with Gasteiger partial charge in [0.1, 0.15) is 5.83 Å². The molecule has 0 bridgehead atoms. The summed E-state index contributed by atoms with van der Waals surface area (Å²) in [7, 11) is 0. The highest BCUT2D eigenvalue weighted by molar-refractivity contribution is 5.94. The van der Waals surface area contributed by atoms with Gasteiger partial charge in [-0.1, -0.05) is 171 Å². The molecular formula is C71H122F2N4O13. The van der Waals surface area contributed by atoms with Crippen molar-refractivity contribution in [2.75, 3.05) is 33.0 Å². The van der Waals surface area contributed by atoms with Crippen LogP contribution in [0.2, 0.25) is 0 Å². The Hall–Kier alpha value is -6.35. The largest absolute Gasteiger partial charge is 0.463 e. The molecule has 0 aromatic carbocycles. The molecule has 90 heavy (non-hydrogen) atoms. The monoisotopic (exact) mass is 1280 g/mol. The number of nitriles is 2. The van der Waals surface area contributed by atoms with E-state index in [1.807, 2.05) is 158 Å². The number of aromatic nitrogens is 2. The zero-order chi connectivity index (χ0) is 72.3. The van der Waals surface area contributed by atoms with Gasteiger partial charge in [0.05, 0.1) is 97.5 Å². The standard InChI is InChI=1S/2C10H18O3.C9H15NO.C9H16O3.C8H11FN2.C8H13FO.C8H13NO.C8H14O.CH4/c1-6-13-9(12)7(2)8(11)10(3,4)5;1-5-12-9(11)7-6-8-13-10(2,3)4;1-7(6-10)8(11)5-9(2,3)4;1-5-11-9(10)8(4)6-12-7(2)3;1-8(2,3)6-4-10-7(9)11-5-6;1-6(9)5-7(10)8(2,3)4;1-6(5-9)7(10)8(2,3)4;1-5-6-7(9)8(2,3)4;/h8,11H,2,6H2,1,3-5H3;6-7H,5,8H2,1-4H3;8,11H,1,5H2,2-4H3;7H,4-6H2,1-3H3;4-5H,1-3H3;5H,1-4H3;7,10H,1H2,2-4H3;5-6H,1-4H3;1H4/b;7-6+;;;;6-5-;;6-5+;. The number of aliphatic hydroxyl groups is 3. The van der Waals surface area contributed by atoms with Crippen molar-refractivity contribution in [1.82, 2.24) is 9.97 Å². The van der Waals surface area contributed by atoms with E-state index in [0.717, 1.165) is 11.6 Å². The van der Waals surface area contributed by atoms with E-state index in [1.165, 1.54) is 25.4 Å². The van der Waals surface area contributed by atoms with Crippen LogP contribution in [0.1, 0.15) is 213 Å². The summed E-state index contributed by atoms with van der Waals surface area (Å²) >= 11 is 0. The van der Waals surface area contributed by atoms with Crippen LogP contribution < -0.4 is 0 Å². The number of carbonyl (C=O) groups is 5. The van der Waals surface area contributed by atoms with Gasteiger partial charge in [-0.05, 0) is 109 Å². The van der Waals surface area contributed by atoms with Crippen LogP contribution in [-0.2, 0) is 53.1 Å². The van der Waals surface area contributed by atoms with Gasteiger partial charge in [-0.15, -0.1) is 0 Å². The highest BCUT2D eigenvalue weighted by Gasteiger charge is 2.29. The molecule has 3 N–H and O–H groups in total. The van der Waals surface area contributed by atoms with Gasteiger partial charge >= 0.3 is 24.0 Å². The van der Waals surface area contributed by atoms with Crippen LogP contribution in [0.4, 0.5) is 8.78 Å².